The highest BCUT2D eigenvalue weighted by Crippen LogP contribution is 2.44. The quantitative estimate of drug-likeness (QED) is 0.152. The number of anilines is 3. The first-order valence-corrected chi connectivity index (χ1v) is 19.7. The van der Waals surface area contributed by atoms with Crippen molar-refractivity contribution in [2.45, 2.75) is 0 Å². The van der Waals surface area contributed by atoms with Crippen molar-refractivity contribution in [2.24, 2.45) is 0 Å². The number of benzene rings is 10. The minimum Gasteiger partial charge on any atom is -0.435 e. The minimum atomic E-state index is 0.621. The summed E-state index contributed by atoms with van der Waals surface area (Å²) in [6.45, 7) is 0. The van der Waals surface area contributed by atoms with Gasteiger partial charge in [0.2, 0.25) is 5.89 Å². The number of oxazole rings is 1. The van der Waals surface area contributed by atoms with Crippen molar-refractivity contribution in [3.05, 3.63) is 218 Å². The van der Waals surface area contributed by atoms with E-state index in [-0.39, 0.29) is 0 Å². The van der Waals surface area contributed by atoms with Gasteiger partial charge in [-0.15, -0.1) is 0 Å². The van der Waals surface area contributed by atoms with Crippen LogP contribution in [0, 0.1) is 0 Å². The Bertz CT molecular complexity index is 3240. The molecule has 3 heteroatoms. The third-order valence-electron chi connectivity index (χ3n) is 11.3. The van der Waals surface area contributed by atoms with Crippen molar-refractivity contribution < 1.29 is 4.42 Å². The number of aromatic nitrogens is 1. The Kier molecular flexibility index (Phi) is 8.15. The van der Waals surface area contributed by atoms with E-state index in [4.69, 9.17) is 9.40 Å². The van der Waals surface area contributed by atoms with Gasteiger partial charge in [0.25, 0.3) is 0 Å². The van der Waals surface area contributed by atoms with Crippen LogP contribution in [0.25, 0.3) is 88.3 Å². The maximum Gasteiger partial charge on any atom is 0.227 e. The van der Waals surface area contributed by atoms with Crippen LogP contribution in [-0.2, 0) is 0 Å². The molecule has 1 aromatic heterocycles. The average Bonchev–Trinajstić information content (AvgIpc) is 3.75. The molecule has 3 nitrogen and oxygen atoms in total. The van der Waals surface area contributed by atoms with Gasteiger partial charge in [-0.2, -0.15) is 0 Å². The van der Waals surface area contributed by atoms with Crippen molar-refractivity contribution >= 4 is 60.5 Å². The van der Waals surface area contributed by atoms with Gasteiger partial charge in [-0.25, -0.2) is 4.98 Å². The molecule has 0 atom stereocenters. The number of rotatable bonds is 7. The minimum absolute atomic E-state index is 0.621. The van der Waals surface area contributed by atoms with E-state index in [2.05, 4.69) is 193 Å². The van der Waals surface area contributed by atoms with Gasteiger partial charge in [-0.05, 0) is 110 Å². The number of nitrogens with zero attached hydrogens (tertiary/aromatic N) is 2. The van der Waals surface area contributed by atoms with E-state index in [9.17, 15) is 0 Å². The van der Waals surface area contributed by atoms with Crippen LogP contribution in [0.2, 0.25) is 0 Å². The van der Waals surface area contributed by atoms with Crippen LogP contribution in [0.3, 0.4) is 0 Å². The standard InChI is InChI=1S/C55H36N2O/c1-4-13-37(14-5-1)38-23-25-39(26-24-38)40-27-29-45(30-28-40)57(52-22-12-20-41-17-10-11-21-47(41)52)46-31-32-48-44(35-46)36-50(42-15-6-2-7-16-42)49-33-34-51-54(53(48)49)58-55(56-51)43-18-8-3-9-19-43/h1-36H. The molecule has 0 aliphatic rings. The second-order valence-electron chi connectivity index (χ2n) is 14.7. The third-order valence-corrected chi connectivity index (χ3v) is 11.3. The maximum absolute atomic E-state index is 6.69. The fraction of sp³-hybridized carbons (Fsp3) is 0. The summed E-state index contributed by atoms with van der Waals surface area (Å²) in [6, 6.07) is 77.7. The summed E-state index contributed by atoms with van der Waals surface area (Å²) >= 11 is 0. The van der Waals surface area contributed by atoms with Gasteiger partial charge in [-0.1, -0.05) is 164 Å². The lowest BCUT2D eigenvalue weighted by molar-refractivity contribution is 0.623. The Hall–Kier alpha value is -7.75. The Morgan fingerprint density at radius 3 is 1.62 bits per heavy atom. The van der Waals surface area contributed by atoms with E-state index in [1.54, 1.807) is 0 Å². The van der Waals surface area contributed by atoms with Gasteiger partial charge < -0.3 is 9.32 Å². The van der Waals surface area contributed by atoms with Crippen LogP contribution < -0.4 is 4.90 Å². The first-order valence-electron chi connectivity index (χ1n) is 19.7. The lowest BCUT2D eigenvalue weighted by Crippen LogP contribution is -2.10. The summed E-state index contributed by atoms with van der Waals surface area (Å²) in [7, 11) is 0. The molecule has 0 aliphatic carbocycles. The molecule has 0 radical (unpaired) electrons. The van der Waals surface area contributed by atoms with Crippen molar-refractivity contribution in [2.75, 3.05) is 4.90 Å². The summed E-state index contributed by atoms with van der Waals surface area (Å²) in [5.74, 6) is 0.621. The molecule has 1 heterocycles. The normalized spacial score (nSPS) is 11.4. The van der Waals surface area contributed by atoms with Gasteiger partial charge in [0.1, 0.15) is 5.52 Å². The monoisotopic (exact) mass is 740 g/mol. The zero-order valence-corrected chi connectivity index (χ0v) is 31.6. The van der Waals surface area contributed by atoms with Crippen LogP contribution in [0.4, 0.5) is 17.1 Å². The second-order valence-corrected chi connectivity index (χ2v) is 14.7. The van der Waals surface area contributed by atoms with E-state index in [1.807, 2.05) is 30.3 Å². The van der Waals surface area contributed by atoms with E-state index in [0.29, 0.717) is 5.89 Å². The Labute approximate surface area is 336 Å². The van der Waals surface area contributed by atoms with E-state index < -0.39 is 0 Å². The summed E-state index contributed by atoms with van der Waals surface area (Å²) in [4.78, 5) is 7.36. The smallest absolute Gasteiger partial charge is 0.227 e. The van der Waals surface area contributed by atoms with Gasteiger partial charge in [-0.3, -0.25) is 0 Å². The SMILES string of the molecule is c1ccc(-c2ccc(-c3ccc(N(c4ccc5c(c4)cc(-c4ccccc4)c4ccc6nc(-c7ccccc7)oc6c45)c4cccc5ccccc45)cc3)cc2)cc1. The van der Waals surface area contributed by atoms with Gasteiger partial charge in [0, 0.05) is 27.7 Å². The zero-order valence-electron chi connectivity index (χ0n) is 31.6. The first-order chi connectivity index (χ1) is 28.7. The molecule has 10 aromatic carbocycles. The van der Waals surface area contributed by atoms with E-state index >= 15 is 0 Å². The van der Waals surface area contributed by atoms with Gasteiger partial charge >= 0.3 is 0 Å². The molecule has 0 N–H and O–H groups in total. The molecule has 0 saturated carbocycles. The number of hydrogen-bond acceptors (Lipinski definition) is 3. The number of fused-ring (bicyclic) bond motifs is 6. The van der Waals surface area contributed by atoms with Crippen molar-refractivity contribution in [1.82, 2.24) is 4.98 Å². The Balaban J connectivity index is 1.09. The number of hydrogen-bond donors (Lipinski definition) is 0. The first kappa shape index (κ1) is 33.6. The molecular weight excluding hydrogens is 705 g/mol. The predicted octanol–water partition coefficient (Wildman–Crippen LogP) is 15.4. The lowest BCUT2D eigenvalue weighted by Gasteiger charge is -2.27. The lowest BCUT2D eigenvalue weighted by atomic mass is 9.92. The molecule has 0 saturated heterocycles. The fourth-order valence-corrected chi connectivity index (χ4v) is 8.43. The topological polar surface area (TPSA) is 29.3 Å². The van der Waals surface area contributed by atoms with Crippen molar-refractivity contribution in [3.63, 3.8) is 0 Å². The second kappa shape index (κ2) is 14.1. The van der Waals surface area contributed by atoms with Crippen LogP contribution in [0.5, 0.6) is 0 Å². The molecule has 0 fully saturated rings. The largest absolute Gasteiger partial charge is 0.435 e. The highest BCUT2D eigenvalue weighted by Gasteiger charge is 2.20. The molecule has 272 valence electrons. The van der Waals surface area contributed by atoms with Crippen molar-refractivity contribution in [1.29, 1.82) is 0 Å². The summed E-state index contributed by atoms with van der Waals surface area (Å²) in [5.41, 5.74) is 12.9. The molecular formula is C55H36N2O. The molecule has 11 rings (SSSR count). The van der Waals surface area contributed by atoms with E-state index in [0.717, 1.165) is 66.4 Å². The molecule has 0 unspecified atom stereocenters. The highest BCUT2D eigenvalue weighted by atomic mass is 16.3. The van der Waals surface area contributed by atoms with Crippen LogP contribution in [0.15, 0.2) is 223 Å². The molecule has 0 amide bonds. The molecule has 0 aliphatic heterocycles. The highest BCUT2D eigenvalue weighted by molar-refractivity contribution is 6.22. The summed E-state index contributed by atoms with van der Waals surface area (Å²) in [5, 5.41) is 6.81. The zero-order chi connectivity index (χ0) is 38.4. The van der Waals surface area contributed by atoms with Crippen LogP contribution in [0.1, 0.15) is 0 Å². The molecule has 0 spiro atoms. The van der Waals surface area contributed by atoms with Gasteiger partial charge in [0.15, 0.2) is 5.58 Å². The average molecular weight is 741 g/mol. The molecule has 58 heavy (non-hydrogen) atoms. The van der Waals surface area contributed by atoms with Crippen LogP contribution >= 0.6 is 0 Å². The van der Waals surface area contributed by atoms with Gasteiger partial charge in [0.05, 0.1) is 5.69 Å². The maximum atomic E-state index is 6.69. The Morgan fingerprint density at radius 2 is 0.914 bits per heavy atom. The van der Waals surface area contributed by atoms with E-state index in [1.165, 1.54) is 33.0 Å². The third kappa shape index (κ3) is 5.89. The Morgan fingerprint density at radius 1 is 0.362 bits per heavy atom. The van der Waals surface area contributed by atoms with Crippen molar-refractivity contribution in [3.8, 4) is 44.8 Å². The predicted molar refractivity (Wildman–Crippen MR) is 243 cm³/mol. The molecule has 11 aromatic rings. The summed E-state index contributed by atoms with van der Waals surface area (Å²) in [6.07, 6.45) is 0. The van der Waals surface area contributed by atoms with Crippen LogP contribution in [-0.4, -0.2) is 4.98 Å². The molecule has 0 bridgehead atoms. The fourth-order valence-electron chi connectivity index (χ4n) is 8.43. The summed E-state index contributed by atoms with van der Waals surface area (Å²) < 4.78 is 6.69.